The number of nitrogens with zero attached hydrogens (tertiary/aromatic N) is 2. The van der Waals surface area contributed by atoms with Crippen molar-refractivity contribution in [3.05, 3.63) is 23.4 Å². The van der Waals surface area contributed by atoms with Crippen LogP contribution in [0.4, 0.5) is 5.82 Å². The van der Waals surface area contributed by atoms with Gasteiger partial charge in [0.2, 0.25) is 0 Å². The summed E-state index contributed by atoms with van der Waals surface area (Å²) in [6.45, 7) is 9.90. The molecule has 0 radical (unpaired) electrons. The molecule has 2 rings (SSSR count). The number of hydrogen-bond donors (Lipinski definition) is 1. The first-order valence-electron chi connectivity index (χ1n) is 7.39. The van der Waals surface area contributed by atoms with Gasteiger partial charge in [0.05, 0.1) is 6.61 Å². The molecular weight excluding hydrogens is 236 g/mol. The minimum Gasteiger partial charge on any atom is -0.392 e. The van der Waals surface area contributed by atoms with Gasteiger partial charge in [0, 0.05) is 18.3 Å². The number of hydrogen-bond acceptors (Lipinski definition) is 3. The van der Waals surface area contributed by atoms with Crippen LogP contribution < -0.4 is 4.90 Å². The van der Waals surface area contributed by atoms with Crippen molar-refractivity contribution in [3.63, 3.8) is 0 Å². The summed E-state index contributed by atoms with van der Waals surface area (Å²) in [6, 6.07) is 4.50. The number of rotatable bonds is 6. The molecule has 0 unspecified atom stereocenters. The van der Waals surface area contributed by atoms with E-state index in [4.69, 9.17) is 4.98 Å². The average molecular weight is 262 g/mol. The summed E-state index contributed by atoms with van der Waals surface area (Å²) in [5.41, 5.74) is 2.04. The van der Waals surface area contributed by atoms with Crippen molar-refractivity contribution >= 4 is 5.82 Å². The highest BCUT2D eigenvalue weighted by molar-refractivity contribution is 5.44. The summed E-state index contributed by atoms with van der Waals surface area (Å²) in [6.07, 6.45) is 2.69. The largest absolute Gasteiger partial charge is 0.392 e. The molecule has 0 aromatic carbocycles. The Bertz CT molecular complexity index is 425. The number of aliphatic hydroxyl groups excluding tert-OH is 1. The van der Waals surface area contributed by atoms with Gasteiger partial charge >= 0.3 is 0 Å². The third-order valence-corrected chi connectivity index (χ3v) is 3.73. The van der Waals surface area contributed by atoms with Crippen LogP contribution in [0.15, 0.2) is 12.1 Å². The van der Waals surface area contributed by atoms with Gasteiger partial charge in [-0.15, -0.1) is 0 Å². The summed E-state index contributed by atoms with van der Waals surface area (Å²) in [7, 11) is 0. The van der Waals surface area contributed by atoms with E-state index in [1.807, 2.05) is 12.1 Å². The second-order valence-electron chi connectivity index (χ2n) is 6.26. The predicted octanol–water partition coefficient (Wildman–Crippen LogP) is 3.32. The Morgan fingerprint density at radius 1 is 1.26 bits per heavy atom. The molecule has 0 bridgehead atoms. The molecule has 1 aliphatic rings. The van der Waals surface area contributed by atoms with E-state index in [0.717, 1.165) is 29.5 Å². The molecule has 1 fully saturated rings. The van der Waals surface area contributed by atoms with E-state index in [1.165, 1.54) is 12.8 Å². The zero-order valence-corrected chi connectivity index (χ0v) is 12.6. The van der Waals surface area contributed by atoms with Crippen LogP contribution >= 0.6 is 0 Å². The van der Waals surface area contributed by atoms with Crippen molar-refractivity contribution in [2.45, 2.75) is 59.1 Å². The predicted molar refractivity (Wildman–Crippen MR) is 79.5 cm³/mol. The van der Waals surface area contributed by atoms with Crippen LogP contribution in [0.5, 0.6) is 0 Å². The van der Waals surface area contributed by atoms with Gasteiger partial charge in [0.15, 0.2) is 0 Å². The molecule has 1 aliphatic carbocycles. The lowest BCUT2D eigenvalue weighted by Gasteiger charge is -2.29. The van der Waals surface area contributed by atoms with E-state index in [2.05, 4.69) is 32.6 Å². The van der Waals surface area contributed by atoms with E-state index in [1.54, 1.807) is 0 Å². The van der Waals surface area contributed by atoms with Gasteiger partial charge in [0.1, 0.15) is 5.82 Å². The molecule has 3 nitrogen and oxygen atoms in total. The molecule has 1 aromatic rings. The molecule has 0 amide bonds. The Balaban J connectivity index is 2.30. The minimum absolute atomic E-state index is 0.0879. The van der Waals surface area contributed by atoms with Crippen LogP contribution in [0.3, 0.4) is 0 Å². The number of anilines is 1. The van der Waals surface area contributed by atoms with Crippen LogP contribution in [0.2, 0.25) is 0 Å². The molecular formula is C16H26N2O. The monoisotopic (exact) mass is 262 g/mol. The highest BCUT2D eigenvalue weighted by Crippen LogP contribution is 2.32. The number of pyridine rings is 1. The molecule has 0 aliphatic heterocycles. The Morgan fingerprint density at radius 3 is 2.42 bits per heavy atom. The summed E-state index contributed by atoms with van der Waals surface area (Å²) in [5, 5.41) is 9.44. The second kappa shape index (κ2) is 5.91. The van der Waals surface area contributed by atoms with Crippen molar-refractivity contribution in [3.8, 4) is 0 Å². The van der Waals surface area contributed by atoms with Crippen molar-refractivity contribution in [2.75, 3.05) is 11.4 Å². The zero-order chi connectivity index (χ0) is 14.0. The molecule has 1 heterocycles. The highest BCUT2D eigenvalue weighted by atomic mass is 16.3. The minimum atomic E-state index is 0.0879. The molecule has 0 atom stereocenters. The maximum Gasteiger partial charge on any atom is 0.129 e. The average Bonchev–Trinajstić information content (AvgIpc) is 3.18. The second-order valence-corrected chi connectivity index (χ2v) is 6.26. The normalized spacial score (nSPS) is 15.3. The van der Waals surface area contributed by atoms with Crippen molar-refractivity contribution in [2.24, 2.45) is 5.92 Å². The lowest BCUT2D eigenvalue weighted by Crippen LogP contribution is -2.33. The van der Waals surface area contributed by atoms with Crippen molar-refractivity contribution in [1.29, 1.82) is 0 Å². The third kappa shape index (κ3) is 3.69. The SMILES string of the molecule is CC(C)c1cc(CO)cc(N(CC2CC2)C(C)C)n1. The molecule has 106 valence electrons. The fourth-order valence-electron chi connectivity index (χ4n) is 2.28. The Labute approximate surface area is 116 Å². The molecule has 3 heteroatoms. The quantitative estimate of drug-likeness (QED) is 0.854. The van der Waals surface area contributed by atoms with Crippen LogP contribution in [-0.4, -0.2) is 22.7 Å². The summed E-state index contributed by atoms with van der Waals surface area (Å²) in [4.78, 5) is 7.18. The zero-order valence-electron chi connectivity index (χ0n) is 12.6. The first kappa shape index (κ1) is 14.3. The lowest BCUT2D eigenvalue weighted by molar-refractivity contribution is 0.281. The van der Waals surface area contributed by atoms with E-state index >= 15 is 0 Å². The standard InChI is InChI=1S/C16H26N2O/c1-11(2)15-7-14(10-19)8-16(17-15)18(12(3)4)9-13-5-6-13/h7-8,11-13,19H,5-6,9-10H2,1-4H3. The first-order valence-corrected chi connectivity index (χ1v) is 7.39. The van der Waals surface area contributed by atoms with Gasteiger partial charge in [-0.2, -0.15) is 0 Å². The Kier molecular flexibility index (Phi) is 4.46. The molecule has 0 spiro atoms. The van der Waals surface area contributed by atoms with Gasteiger partial charge in [-0.1, -0.05) is 13.8 Å². The van der Waals surface area contributed by atoms with E-state index < -0.39 is 0 Å². The van der Waals surface area contributed by atoms with E-state index in [-0.39, 0.29) is 6.61 Å². The fraction of sp³-hybridized carbons (Fsp3) is 0.688. The Morgan fingerprint density at radius 2 is 1.95 bits per heavy atom. The smallest absolute Gasteiger partial charge is 0.129 e. The van der Waals surface area contributed by atoms with Gasteiger partial charge in [-0.25, -0.2) is 4.98 Å². The van der Waals surface area contributed by atoms with Crippen LogP contribution in [0.25, 0.3) is 0 Å². The lowest BCUT2D eigenvalue weighted by atomic mass is 10.1. The third-order valence-electron chi connectivity index (χ3n) is 3.73. The molecule has 19 heavy (non-hydrogen) atoms. The molecule has 1 saturated carbocycles. The van der Waals surface area contributed by atoms with Gasteiger partial charge in [0.25, 0.3) is 0 Å². The van der Waals surface area contributed by atoms with Gasteiger partial charge in [-0.3, -0.25) is 0 Å². The first-order chi connectivity index (χ1) is 9.01. The molecule has 1 aromatic heterocycles. The summed E-state index contributed by atoms with van der Waals surface area (Å²) in [5.74, 6) is 2.25. The van der Waals surface area contributed by atoms with Crippen LogP contribution in [0.1, 0.15) is 57.7 Å². The maximum atomic E-state index is 9.44. The van der Waals surface area contributed by atoms with Gasteiger partial charge in [-0.05, 0) is 56.2 Å². The number of aliphatic hydroxyl groups is 1. The summed E-state index contributed by atoms with van der Waals surface area (Å²) >= 11 is 0. The number of aromatic nitrogens is 1. The fourth-order valence-corrected chi connectivity index (χ4v) is 2.28. The van der Waals surface area contributed by atoms with Crippen molar-refractivity contribution < 1.29 is 5.11 Å². The Hall–Kier alpha value is -1.09. The van der Waals surface area contributed by atoms with Crippen LogP contribution in [0, 0.1) is 5.92 Å². The molecule has 0 saturated heterocycles. The molecule has 1 N–H and O–H groups in total. The maximum absolute atomic E-state index is 9.44. The van der Waals surface area contributed by atoms with E-state index in [9.17, 15) is 5.11 Å². The highest BCUT2D eigenvalue weighted by Gasteiger charge is 2.26. The topological polar surface area (TPSA) is 36.4 Å². The van der Waals surface area contributed by atoms with Crippen LogP contribution in [-0.2, 0) is 6.61 Å². The van der Waals surface area contributed by atoms with E-state index in [0.29, 0.717) is 12.0 Å². The summed E-state index contributed by atoms with van der Waals surface area (Å²) < 4.78 is 0. The van der Waals surface area contributed by atoms with Crippen molar-refractivity contribution in [1.82, 2.24) is 4.98 Å². The van der Waals surface area contributed by atoms with Gasteiger partial charge < -0.3 is 10.0 Å².